The maximum Gasteiger partial charge on any atom is 0.240 e. The summed E-state index contributed by atoms with van der Waals surface area (Å²) in [5, 5.41) is 0. The fraction of sp³-hybridized carbons (Fsp3) is 0.571. The standard InChI is InChI=1S/C14H23N3O3S/c1-12-13(11-15)3-2-4-14(12)21(18,19)16-5-6-17-7-9-20-10-8-17/h2-4,16H,5-11,15H2,1H3. The Bertz CT molecular complexity index is 569. The van der Waals surface area contributed by atoms with Gasteiger partial charge < -0.3 is 10.5 Å². The summed E-state index contributed by atoms with van der Waals surface area (Å²) >= 11 is 0. The zero-order chi connectivity index (χ0) is 15.3. The van der Waals surface area contributed by atoms with Crippen LogP contribution < -0.4 is 10.5 Å². The first-order valence-electron chi connectivity index (χ1n) is 7.13. The van der Waals surface area contributed by atoms with Gasteiger partial charge in [0.1, 0.15) is 0 Å². The van der Waals surface area contributed by atoms with Crippen molar-refractivity contribution in [1.82, 2.24) is 9.62 Å². The van der Waals surface area contributed by atoms with Gasteiger partial charge in [-0.05, 0) is 24.1 Å². The van der Waals surface area contributed by atoms with Crippen LogP contribution in [0.2, 0.25) is 0 Å². The number of sulfonamides is 1. The fourth-order valence-corrected chi connectivity index (χ4v) is 3.72. The summed E-state index contributed by atoms with van der Waals surface area (Å²) in [6.45, 7) is 6.34. The Hall–Kier alpha value is -0.990. The van der Waals surface area contributed by atoms with Gasteiger partial charge in [-0.25, -0.2) is 13.1 Å². The maximum absolute atomic E-state index is 12.4. The molecule has 0 saturated carbocycles. The normalized spacial score (nSPS) is 17.0. The minimum absolute atomic E-state index is 0.312. The monoisotopic (exact) mass is 313 g/mol. The zero-order valence-electron chi connectivity index (χ0n) is 12.3. The molecule has 1 aromatic carbocycles. The summed E-state index contributed by atoms with van der Waals surface area (Å²) in [4.78, 5) is 2.50. The van der Waals surface area contributed by atoms with Crippen LogP contribution in [0.25, 0.3) is 0 Å². The van der Waals surface area contributed by atoms with E-state index in [9.17, 15) is 8.42 Å². The van der Waals surface area contributed by atoms with Gasteiger partial charge in [-0.2, -0.15) is 0 Å². The molecule has 0 aliphatic carbocycles. The van der Waals surface area contributed by atoms with Gasteiger partial charge in [0.05, 0.1) is 18.1 Å². The lowest BCUT2D eigenvalue weighted by molar-refractivity contribution is 0.0390. The molecule has 3 N–H and O–H groups in total. The third-order valence-corrected chi connectivity index (χ3v) is 5.33. The molecule has 0 unspecified atom stereocenters. The van der Waals surface area contributed by atoms with Gasteiger partial charge in [0.2, 0.25) is 10.0 Å². The van der Waals surface area contributed by atoms with E-state index in [1.165, 1.54) is 0 Å². The van der Waals surface area contributed by atoms with Crippen molar-refractivity contribution < 1.29 is 13.2 Å². The van der Waals surface area contributed by atoms with Gasteiger partial charge in [-0.15, -0.1) is 0 Å². The highest BCUT2D eigenvalue weighted by atomic mass is 32.2. The van der Waals surface area contributed by atoms with Crippen LogP contribution in [-0.4, -0.2) is 52.7 Å². The van der Waals surface area contributed by atoms with Crippen LogP contribution in [0, 0.1) is 6.92 Å². The van der Waals surface area contributed by atoms with Crippen LogP contribution in [0.3, 0.4) is 0 Å². The molecule has 1 aromatic rings. The van der Waals surface area contributed by atoms with Gasteiger partial charge in [0.25, 0.3) is 0 Å². The lowest BCUT2D eigenvalue weighted by Gasteiger charge is -2.26. The van der Waals surface area contributed by atoms with Crippen molar-refractivity contribution in [3.8, 4) is 0 Å². The molecule has 0 radical (unpaired) electrons. The highest BCUT2D eigenvalue weighted by molar-refractivity contribution is 7.89. The first-order chi connectivity index (χ1) is 10.0. The number of hydrogen-bond donors (Lipinski definition) is 2. The lowest BCUT2D eigenvalue weighted by Crippen LogP contribution is -2.41. The van der Waals surface area contributed by atoms with E-state index in [0.29, 0.717) is 37.7 Å². The number of benzene rings is 1. The van der Waals surface area contributed by atoms with Crippen molar-refractivity contribution in [2.75, 3.05) is 39.4 Å². The summed E-state index contributed by atoms with van der Waals surface area (Å²) in [7, 11) is -3.49. The minimum atomic E-state index is -3.49. The van der Waals surface area contributed by atoms with E-state index in [-0.39, 0.29) is 0 Å². The molecular formula is C14H23N3O3S. The third-order valence-electron chi connectivity index (χ3n) is 3.73. The quantitative estimate of drug-likeness (QED) is 0.776. The van der Waals surface area contributed by atoms with Gasteiger partial charge in [0, 0.05) is 32.7 Å². The second-order valence-electron chi connectivity index (χ2n) is 5.10. The van der Waals surface area contributed by atoms with Crippen molar-refractivity contribution in [3.63, 3.8) is 0 Å². The van der Waals surface area contributed by atoms with Crippen molar-refractivity contribution in [1.29, 1.82) is 0 Å². The summed E-state index contributed by atoms with van der Waals surface area (Å²) < 4.78 is 32.7. The zero-order valence-corrected chi connectivity index (χ0v) is 13.2. The molecule has 0 spiro atoms. The largest absolute Gasteiger partial charge is 0.379 e. The van der Waals surface area contributed by atoms with Crippen LogP contribution in [0.15, 0.2) is 23.1 Å². The van der Waals surface area contributed by atoms with E-state index < -0.39 is 10.0 Å². The first-order valence-corrected chi connectivity index (χ1v) is 8.61. The number of nitrogens with zero attached hydrogens (tertiary/aromatic N) is 1. The molecule has 1 saturated heterocycles. The van der Waals surface area contributed by atoms with Crippen LogP contribution in [0.5, 0.6) is 0 Å². The van der Waals surface area contributed by atoms with Crippen molar-refractivity contribution in [3.05, 3.63) is 29.3 Å². The Kier molecular flexibility index (Phi) is 5.72. The molecule has 21 heavy (non-hydrogen) atoms. The average molecular weight is 313 g/mol. The van der Waals surface area contributed by atoms with Crippen molar-refractivity contribution in [2.24, 2.45) is 5.73 Å². The Labute approximate surface area is 126 Å². The minimum Gasteiger partial charge on any atom is -0.379 e. The second kappa shape index (κ2) is 7.33. The average Bonchev–Trinajstić information content (AvgIpc) is 2.48. The predicted octanol–water partition coefficient (Wildman–Crippen LogP) is 0.0642. The second-order valence-corrected chi connectivity index (χ2v) is 6.83. The number of ether oxygens (including phenoxy) is 1. The maximum atomic E-state index is 12.4. The van der Waals surface area contributed by atoms with E-state index >= 15 is 0 Å². The Morgan fingerprint density at radius 2 is 2.05 bits per heavy atom. The third kappa shape index (κ3) is 4.24. The summed E-state index contributed by atoms with van der Waals surface area (Å²) in [6, 6.07) is 5.19. The van der Waals surface area contributed by atoms with Gasteiger partial charge >= 0.3 is 0 Å². The number of nitrogens with two attached hydrogens (primary N) is 1. The van der Waals surface area contributed by atoms with E-state index in [0.717, 1.165) is 24.2 Å². The molecule has 7 heteroatoms. The van der Waals surface area contributed by atoms with Gasteiger partial charge in [-0.3, -0.25) is 4.90 Å². The molecule has 0 atom stereocenters. The van der Waals surface area contributed by atoms with Crippen LogP contribution in [0.4, 0.5) is 0 Å². The number of nitrogens with one attached hydrogen (secondary N) is 1. The van der Waals surface area contributed by atoms with E-state index in [2.05, 4.69) is 9.62 Å². The highest BCUT2D eigenvalue weighted by Gasteiger charge is 2.18. The first kappa shape index (κ1) is 16.4. The Morgan fingerprint density at radius 1 is 1.33 bits per heavy atom. The number of hydrogen-bond acceptors (Lipinski definition) is 5. The molecule has 0 aromatic heterocycles. The Morgan fingerprint density at radius 3 is 2.71 bits per heavy atom. The fourth-order valence-electron chi connectivity index (χ4n) is 2.41. The Balaban J connectivity index is 1.98. The topological polar surface area (TPSA) is 84.7 Å². The highest BCUT2D eigenvalue weighted by Crippen LogP contribution is 2.18. The van der Waals surface area contributed by atoms with E-state index in [1.54, 1.807) is 19.1 Å². The van der Waals surface area contributed by atoms with Crippen molar-refractivity contribution >= 4 is 10.0 Å². The van der Waals surface area contributed by atoms with Gasteiger partial charge in [0.15, 0.2) is 0 Å². The smallest absolute Gasteiger partial charge is 0.240 e. The molecule has 0 bridgehead atoms. The van der Waals surface area contributed by atoms with Crippen LogP contribution >= 0.6 is 0 Å². The molecule has 2 rings (SSSR count). The summed E-state index contributed by atoms with van der Waals surface area (Å²) in [5.74, 6) is 0. The molecular weight excluding hydrogens is 290 g/mol. The SMILES string of the molecule is Cc1c(CN)cccc1S(=O)(=O)NCCN1CCOCC1. The molecule has 1 fully saturated rings. The molecule has 1 heterocycles. The number of rotatable bonds is 6. The number of morpholine rings is 1. The van der Waals surface area contributed by atoms with E-state index in [4.69, 9.17) is 10.5 Å². The molecule has 6 nitrogen and oxygen atoms in total. The van der Waals surface area contributed by atoms with Gasteiger partial charge in [-0.1, -0.05) is 12.1 Å². The molecule has 1 aliphatic rings. The van der Waals surface area contributed by atoms with Crippen LogP contribution in [-0.2, 0) is 21.3 Å². The summed E-state index contributed by atoms with van der Waals surface area (Å²) in [5.41, 5.74) is 7.20. The van der Waals surface area contributed by atoms with Crippen molar-refractivity contribution in [2.45, 2.75) is 18.4 Å². The summed E-state index contributed by atoms with van der Waals surface area (Å²) in [6.07, 6.45) is 0. The lowest BCUT2D eigenvalue weighted by atomic mass is 10.1. The molecule has 0 amide bonds. The van der Waals surface area contributed by atoms with Crippen LogP contribution in [0.1, 0.15) is 11.1 Å². The van der Waals surface area contributed by atoms with E-state index in [1.807, 2.05) is 6.07 Å². The predicted molar refractivity (Wildman–Crippen MR) is 81.5 cm³/mol. The molecule has 118 valence electrons. The molecule has 1 aliphatic heterocycles.